The Labute approximate surface area is 200 Å². The summed E-state index contributed by atoms with van der Waals surface area (Å²) in [5.74, 6) is -0.570. The van der Waals surface area contributed by atoms with Gasteiger partial charge in [0, 0.05) is 34.2 Å². The highest BCUT2D eigenvalue weighted by atomic mass is 35.5. The number of aromatic nitrogens is 1. The van der Waals surface area contributed by atoms with Crippen LogP contribution in [0.25, 0.3) is 17.0 Å². The highest BCUT2D eigenvalue weighted by Gasteiger charge is 2.15. The van der Waals surface area contributed by atoms with E-state index in [0.29, 0.717) is 22.3 Å². The quantitative estimate of drug-likeness (QED) is 0.243. The molecule has 0 saturated carbocycles. The first-order valence-electron chi connectivity index (χ1n) is 9.66. The van der Waals surface area contributed by atoms with E-state index < -0.39 is 5.91 Å². The van der Waals surface area contributed by atoms with E-state index in [9.17, 15) is 10.1 Å². The zero-order valence-electron chi connectivity index (χ0n) is 16.6. The molecular weight excluding hydrogens is 465 g/mol. The average molecular weight is 481 g/mol. The lowest BCUT2D eigenvalue weighted by atomic mass is 10.1. The van der Waals surface area contributed by atoms with Gasteiger partial charge in [-0.15, -0.1) is 0 Å². The molecule has 4 aromatic rings. The van der Waals surface area contributed by atoms with Gasteiger partial charge in [-0.3, -0.25) is 4.79 Å². The molecule has 0 unspecified atom stereocenters. The van der Waals surface area contributed by atoms with Gasteiger partial charge in [0.25, 0.3) is 5.91 Å². The van der Waals surface area contributed by atoms with Crippen LogP contribution in [0, 0.1) is 11.3 Å². The second-order valence-corrected chi connectivity index (χ2v) is 8.24. The summed E-state index contributed by atoms with van der Waals surface area (Å²) in [6.45, 7) is 0.556. The summed E-state index contributed by atoms with van der Waals surface area (Å²) in [6.07, 6.45) is 3.48. The molecule has 0 radical (unpaired) electrons. The lowest BCUT2D eigenvalue weighted by Gasteiger charge is -2.07. The van der Waals surface area contributed by atoms with Crippen molar-refractivity contribution in [2.45, 2.75) is 6.54 Å². The van der Waals surface area contributed by atoms with Crippen LogP contribution in [0.3, 0.4) is 0 Å². The molecule has 0 aliphatic heterocycles. The van der Waals surface area contributed by atoms with Crippen LogP contribution in [0.5, 0.6) is 0 Å². The molecule has 1 heterocycles. The van der Waals surface area contributed by atoms with Gasteiger partial charge in [0.2, 0.25) is 0 Å². The second-order valence-electron chi connectivity index (χ2n) is 7.05. The number of fused-ring (bicyclic) bond motifs is 1. The number of rotatable bonds is 5. The third-order valence-corrected chi connectivity index (χ3v) is 6.17. The van der Waals surface area contributed by atoms with Crippen LogP contribution in [0.2, 0.25) is 15.1 Å². The van der Waals surface area contributed by atoms with E-state index in [4.69, 9.17) is 34.8 Å². The smallest absolute Gasteiger partial charge is 0.266 e. The molecule has 0 aliphatic rings. The van der Waals surface area contributed by atoms with Gasteiger partial charge in [-0.2, -0.15) is 5.26 Å². The van der Waals surface area contributed by atoms with E-state index in [-0.39, 0.29) is 10.6 Å². The summed E-state index contributed by atoms with van der Waals surface area (Å²) in [6, 6.07) is 22.3. The summed E-state index contributed by atoms with van der Waals surface area (Å²) in [7, 11) is 0. The molecule has 4 nitrogen and oxygen atoms in total. The van der Waals surface area contributed by atoms with Crippen molar-refractivity contribution >= 4 is 63.4 Å². The molecule has 3 aromatic carbocycles. The molecule has 0 spiro atoms. The monoisotopic (exact) mass is 479 g/mol. The number of benzene rings is 3. The van der Waals surface area contributed by atoms with Crippen LogP contribution in [-0.2, 0) is 11.3 Å². The van der Waals surface area contributed by atoms with Crippen molar-refractivity contribution in [3.63, 3.8) is 0 Å². The number of nitrogens with zero attached hydrogens (tertiary/aromatic N) is 2. The number of halogens is 3. The first-order chi connectivity index (χ1) is 15.5. The topological polar surface area (TPSA) is 57.8 Å². The fraction of sp³-hybridized carbons (Fsp3) is 0.0400. The molecule has 0 fully saturated rings. The third-order valence-electron chi connectivity index (χ3n) is 4.98. The van der Waals surface area contributed by atoms with Gasteiger partial charge in [0.15, 0.2) is 0 Å². The van der Waals surface area contributed by atoms with Gasteiger partial charge in [-0.25, -0.2) is 0 Å². The number of hydrogen-bond acceptors (Lipinski definition) is 2. The summed E-state index contributed by atoms with van der Waals surface area (Å²) in [5.41, 5.74) is 2.97. The highest BCUT2D eigenvalue weighted by Crippen LogP contribution is 2.30. The zero-order chi connectivity index (χ0) is 22.7. The average Bonchev–Trinajstić information content (AvgIpc) is 3.14. The molecule has 0 aliphatic carbocycles. The molecule has 158 valence electrons. The summed E-state index contributed by atoms with van der Waals surface area (Å²) < 4.78 is 2.04. The van der Waals surface area contributed by atoms with Crippen LogP contribution in [-0.4, -0.2) is 10.5 Å². The maximum atomic E-state index is 12.8. The van der Waals surface area contributed by atoms with Crippen LogP contribution in [0.15, 0.2) is 78.5 Å². The normalized spacial score (nSPS) is 11.4. The van der Waals surface area contributed by atoms with Crippen LogP contribution >= 0.6 is 34.8 Å². The van der Waals surface area contributed by atoms with E-state index in [2.05, 4.69) is 5.32 Å². The SMILES string of the molecule is N#C/C(=C/c1cn(Cc2ccccc2Cl)c2ccccc12)C(=O)Nc1cccc(Cl)c1Cl. The Hall–Kier alpha value is -3.23. The van der Waals surface area contributed by atoms with Crippen LogP contribution in [0.1, 0.15) is 11.1 Å². The molecule has 32 heavy (non-hydrogen) atoms. The number of nitrogens with one attached hydrogen (secondary N) is 1. The molecule has 1 aromatic heterocycles. The lowest BCUT2D eigenvalue weighted by Crippen LogP contribution is -2.13. The molecule has 1 amide bonds. The number of anilines is 1. The highest BCUT2D eigenvalue weighted by molar-refractivity contribution is 6.44. The van der Waals surface area contributed by atoms with Crippen molar-refractivity contribution in [3.05, 3.63) is 105 Å². The molecular formula is C25H16Cl3N3O. The lowest BCUT2D eigenvalue weighted by molar-refractivity contribution is -0.112. The van der Waals surface area contributed by atoms with Gasteiger partial charge in [0.05, 0.1) is 15.7 Å². The van der Waals surface area contributed by atoms with Crippen molar-refractivity contribution < 1.29 is 4.79 Å². The minimum absolute atomic E-state index is 0.0540. The Kier molecular flexibility index (Phi) is 6.53. The van der Waals surface area contributed by atoms with Crippen molar-refractivity contribution in [3.8, 4) is 6.07 Å². The Morgan fingerprint density at radius 3 is 2.47 bits per heavy atom. The van der Waals surface area contributed by atoms with E-state index in [1.165, 1.54) is 0 Å². The predicted molar refractivity (Wildman–Crippen MR) is 131 cm³/mol. The summed E-state index contributed by atoms with van der Waals surface area (Å²) >= 11 is 18.5. The van der Waals surface area contributed by atoms with Crippen molar-refractivity contribution in [2.75, 3.05) is 5.32 Å². The number of carbonyl (C=O) groups excluding carboxylic acids is 1. The van der Waals surface area contributed by atoms with E-state index in [1.807, 2.05) is 65.4 Å². The minimum atomic E-state index is -0.570. The molecule has 1 N–H and O–H groups in total. The van der Waals surface area contributed by atoms with Gasteiger partial charge in [-0.05, 0) is 35.9 Å². The number of hydrogen-bond donors (Lipinski definition) is 1. The molecule has 0 bridgehead atoms. The first-order valence-corrected chi connectivity index (χ1v) is 10.8. The molecule has 0 atom stereocenters. The number of para-hydroxylation sites is 1. The van der Waals surface area contributed by atoms with E-state index >= 15 is 0 Å². The van der Waals surface area contributed by atoms with Crippen LogP contribution in [0.4, 0.5) is 5.69 Å². The Balaban J connectivity index is 1.70. The minimum Gasteiger partial charge on any atom is -0.342 e. The standard InChI is InChI=1S/C25H16Cl3N3O/c26-20-8-3-1-6-16(20)14-31-15-18(19-7-2-4-11-23(19)31)12-17(13-29)25(32)30-22-10-5-9-21(27)24(22)28/h1-12,15H,14H2,(H,30,32)/b17-12-. The van der Waals surface area contributed by atoms with Crippen LogP contribution < -0.4 is 5.32 Å². The Morgan fingerprint density at radius 2 is 1.69 bits per heavy atom. The first kappa shape index (κ1) is 22.0. The summed E-state index contributed by atoms with van der Waals surface area (Å²) in [4.78, 5) is 12.8. The van der Waals surface area contributed by atoms with Gasteiger partial charge in [-0.1, -0.05) is 77.3 Å². The van der Waals surface area contributed by atoms with Crippen molar-refractivity contribution in [2.24, 2.45) is 0 Å². The van der Waals surface area contributed by atoms with Crippen molar-refractivity contribution in [1.29, 1.82) is 5.26 Å². The maximum Gasteiger partial charge on any atom is 0.266 e. The molecule has 0 saturated heterocycles. The zero-order valence-corrected chi connectivity index (χ0v) is 18.9. The Bertz CT molecular complexity index is 1400. The largest absolute Gasteiger partial charge is 0.342 e. The second kappa shape index (κ2) is 9.50. The Morgan fingerprint density at radius 1 is 0.969 bits per heavy atom. The fourth-order valence-corrected chi connectivity index (χ4v) is 3.97. The number of nitriles is 1. The number of carbonyl (C=O) groups is 1. The maximum absolute atomic E-state index is 12.8. The molecule has 7 heteroatoms. The van der Waals surface area contributed by atoms with E-state index in [0.717, 1.165) is 22.0 Å². The summed E-state index contributed by atoms with van der Waals surface area (Å²) in [5, 5.41) is 14.4. The molecule has 4 rings (SSSR count). The third kappa shape index (κ3) is 4.51. The predicted octanol–water partition coefficient (Wildman–Crippen LogP) is 7.20. The van der Waals surface area contributed by atoms with Gasteiger partial charge < -0.3 is 9.88 Å². The fourth-order valence-electron chi connectivity index (χ4n) is 3.43. The van der Waals surface area contributed by atoms with Gasteiger partial charge in [0.1, 0.15) is 11.6 Å². The van der Waals surface area contributed by atoms with Gasteiger partial charge >= 0.3 is 0 Å². The number of amides is 1. The van der Waals surface area contributed by atoms with E-state index in [1.54, 1.807) is 24.3 Å². The van der Waals surface area contributed by atoms with Crippen molar-refractivity contribution in [1.82, 2.24) is 4.57 Å².